The summed E-state index contributed by atoms with van der Waals surface area (Å²) in [6, 6.07) is 4.03. The van der Waals surface area contributed by atoms with Crippen LogP contribution in [0.2, 0.25) is 0 Å². The Morgan fingerprint density at radius 1 is 1.60 bits per heavy atom. The number of fused-ring (bicyclic) bond motifs is 1. The number of Topliss-reactive ketones (excluding diaryl/α,β-unsaturated/α-hetero) is 1. The number of carbonyl (C=O) groups excluding carboxylic acids is 1. The van der Waals surface area contributed by atoms with Crippen molar-refractivity contribution in [2.45, 2.75) is 13.0 Å². The number of carbonyl (C=O) groups is 1. The van der Waals surface area contributed by atoms with E-state index < -0.39 is 12.8 Å². The minimum absolute atomic E-state index is 0.0417. The van der Waals surface area contributed by atoms with Crippen LogP contribution in [0.25, 0.3) is 0 Å². The molecule has 1 aromatic carbocycles. The van der Waals surface area contributed by atoms with Gasteiger partial charge >= 0.3 is 0 Å². The van der Waals surface area contributed by atoms with Crippen molar-refractivity contribution < 1.29 is 18.4 Å². The Bertz CT molecular complexity index is 479. The molecule has 1 N–H and O–H groups in total. The second-order valence-electron chi connectivity index (χ2n) is 3.24. The average Bonchev–Trinajstić information content (AvgIpc) is 2.60. The van der Waals surface area contributed by atoms with Crippen molar-refractivity contribution in [3.63, 3.8) is 0 Å². The van der Waals surface area contributed by atoms with E-state index in [1.807, 2.05) is 0 Å². The van der Waals surface area contributed by atoms with E-state index in [0.29, 0.717) is 5.56 Å². The molecule has 0 spiro atoms. The molecule has 1 atom stereocenters. The maximum atomic E-state index is 12.0. The van der Waals surface area contributed by atoms with E-state index in [4.69, 9.17) is 13.6 Å². The molecule has 0 aromatic heterocycles. The van der Waals surface area contributed by atoms with Crippen LogP contribution in [0.3, 0.4) is 0 Å². The molecule has 0 bridgehead atoms. The lowest BCUT2D eigenvalue weighted by Gasteiger charge is -2.09. The number of ketones is 1. The first-order chi connectivity index (χ1) is 8.43. The van der Waals surface area contributed by atoms with Crippen LogP contribution in [0.4, 0.5) is 0 Å². The van der Waals surface area contributed by atoms with Crippen molar-refractivity contribution in [3.05, 3.63) is 23.8 Å². The van der Waals surface area contributed by atoms with Crippen LogP contribution >= 0.6 is 0 Å². The molecule has 4 heteroatoms. The Kier molecular flexibility index (Phi) is 1.78. The summed E-state index contributed by atoms with van der Waals surface area (Å²) in [7, 11) is -0.0417. The van der Waals surface area contributed by atoms with Gasteiger partial charge in [0.15, 0.2) is 17.3 Å². The predicted molar refractivity (Wildman–Crippen MR) is 55.4 cm³/mol. The van der Waals surface area contributed by atoms with Crippen molar-refractivity contribution in [1.82, 2.24) is 5.32 Å². The maximum Gasteiger partial charge on any atom is 0.231 e. The molecule has 1 heterocycles. The van der Waals surface area contributed by atoms with Crippen molar-refractivity contribution >= 4 is 5.78 Å². The fourth-order valence-corrected chi connectivity index (χ4v) is 1.28. The first kappa shape index (κ1) is 6.85. The van der Waals surface area contributed by atoms with Gasteiger partial charge in [-0.3, -0.25) is 4.79 Å². The van der Waals surface area contributed by atoms with E-state index in [9.17, 15) is 4.79 Å². The summed E-state index contributed by atoms with van der Waals surface area (Å²) in [5.74, 6) is 0.308. The zero-order valence-electron chi connectivity index (χ0n) is 11.2. The molecule has 4 nitrogen and oxygen atoms in total. The van der Waals surface area contributed by atoms with Crippen molar-refractivity contribution in [1.29, 1.82) is 0 Å². The van der Waals surface area contributed by atoms with Gasteiger partial charge in [-0.2, -0.15) is 0 Å². The van der Waals surface area contributed by atoms with Gasteiger partial charge in [0.2, 0.25) is 6.75 Å². The molecular formula is C11H13NO3. The standard InChI is InChI=1S/C11H13NO3/c1-7(12-2)11(13)8-3-4-9-10(5-8)15-6-14-9/h3-5,7,12H,6H2,1-2H3/t7-/m0/s1/i2D,6D2. The van der Waals surface area contributed by atoms with E-state index in [1.54, 1.807) is 13.0 Å². The van der Waals surface area contributed by atoms with Crippen LogP contribution < -0.4 is 14.8 Å². The zero-order chi connectivity index (χ0) is 13.3. The molecule has 0 amide bonds. The van der Waals surface area contributed by atoms with Crippen LogP contribution in [0.1, 0.15) is 21.4 Å². The summed E-state index contributed by atoms with van der Waals surface area (Å²) in [6.07, 6.45) is 0. The second-order valence-corrected chi connectivity index (χ2v) is 3.24. The quantitative estimate of drug-likeness (QED) is 0.762. The lowest BCUT2D eigenvalue weighted by atomic mass is 10.1. The molecule has 1 aliphatic heterocycles. The van der Waals surface area contributed by atoms with Crippen LogP contribution in [-0.4, -0.2) is 25.6 Å². The Hall–Kier alpha value is -1.55. The largest absolute Gasteiger partial charge is 0.454 e. The smallest absolute Gasteiger partial charge is 0.231 e. The van der Waals surface area contributed by atoms with Crippen molar-refractivity contribution in [2.24, 2.45) is 0 Å². The third-order valence-electron chi connectivity index (χ3n) is 2.23. The summed E-state index contributed by atoms with van der Waals surface area (Å²) in [6.45, 7) is -0.518. The number of benzene rings is 1. The Labute approximate surface area is 92.4 Å². The second kappa shape index (κ2) is 3.90. The van der Waals surface area contributed by atoms with Gasteiger partial charge in [0.25, 0.3) is 0 Å². The van der Waals surface area contributed by atoms with Crippen molar-refractivity contribution in [3.8, 4) is 11.5 Å². The molecule has 0 fully saturated rings. The lowest BCUT2D eigenvalue weighted by Crippen LogP contribution is -2.30. The molecule has 0 saturated heterocycles. The van der Waals surface area contributed by atoms with E-state index in [2.05, 4.69) is 5.32 Å². The molecule has 2 rings (SSSR count). The molecule has 80 valence electrons. The molecule has 0 radical (unpaired) electrons. The molecule has 0 unspecified atom stereocenters. The summed E-state index contributed by atoms with van der Waals surface area (Å²) < 4.78 is 31.4. The summed E-state index contributed by atoms with van der Waals surface area (Å²) in [4.78, 5) is 12.0. The normalized spacial score (nSPS) is 21.3. The van der Waals surface area contributed by atoms with Crippen molar-refractivity contribution in [2.75, 3.05) is 13.8 Å². The number of hydrogen-bond acceptors (Lipinski definition) is 4. The average molecular weight is 210 g/mol. The van der Waals surface area contributed by atoms with E-state index in [-0.39, 0.29) is 24.3 Å². The van der Waals surface area contributed by atoms with Crippen LogP contribution in [0, 0.1) is 0 Å². The van der Waals surface area contributed by atoms with Crippen LogP contribution in [0.5, 0.6) is 11.5 Å². The summed E-state index contributed by atoms with van der Waals surface area (Å²) >= 11 is 0. The van der Waals surface area contributed by atoms with Gasteiger partial charge < -0.3 is 14.8 Å². The number of nitrogens with one attached hydrogen (secondary N) is 1. The van der Waals surface area contributed by atoms with Gasteiger partial charge in [-0.05, 0) is 32.1 Å². The fraction of sp³-hybridized carbons (Fsp3) is 0.364. The number of hydrogen-bond donors (Lipinski definition) is 1. The van der Waals surface area contributed by atoms with Gasteiger partial charge in [-0.25, -0.2) is 0 Å². The highest BCUT2D eigenvalue weighted by Gasteiger charge is 2.18. The number of ether oxygens (including phenoxy) is 2. The summed E-state index contributed by atoms with van der Waals surface area (Å²) in [5, 5.41) is 2.70. The monoisotopic (exact) mass is 210 g/mol. The topological polar surface area (TPSA) is 47.6 Å². The highest BCUT2D eigenvalue weighted by atomic mass is 16.7. The van der Waals surface area contributed by atoms with Gasteiger partial charge in [0, 0.05) is 6.93 Å². The van der Waals surface area contributed by atoms with Crippen LogP contribution in [-0.2, 0) is 0 Å². The Morgan fingerprint density at radius 2 is 2.40 bits per heavy atom. The Morgan fingerprint density at radius 3 is 3.20 bits per heavy atom. The SMILES string of the molecule is [2H]CN[C@@H](C)C(=O)c1ccc2c(c1)OC([2H])([2H])O2. The van der Waals surface area contributed by atoms with E-state index in [0.717, 1.165) is 0 Å². The molecular weight excluding hydrogens is 194 g/mol. The zero-order valence-corrected chi connectivity index (χ0v) is 8.24. The minimum atomic E-state index is -2.19. The van der Waals surface area contributed by atoms with Gasteiger partial charge in [0.05, 0.1) is 6.04 Å². The van der Waals surface area contributed by atoms with E-state index in [1.165, 1.54) is 12.1 Å². The molecule has 15 heavy (non-hydrogen) atoms. The van der Waals surface area contributed by atoms with E-state index >= 15 is 0 Å². The highest BCUT2D eigenvalue weighted by Crippen LogP contribution is 2.32. The number of likely N-dealkylation sites (N-methyl/N-ethyl adjacent to an activating group) is 1. The first-order valence-corrected chi connectivity index (χ1v) is 4.52. The molecule has 0 aliphatic carbocycles. The third-order valence-corrected chi connectivity index (χ3v) is 2.23. The lowest BCUT2D eigenvalue weighted by molar-refractivity contribution is 0.0954. The highest BCUT2D eigenvalue weighted by molar-refractivity contribution is 6.00. The third kappa shape index (κ3) is 1.80. The first-order valence-electron chi connectivity index (χ1n) is 6.22. The summed E-state index contributed by atoms with van der Waals surface area (Å²) in [5.41, 5.74) is 0.392. The predicted octanol–water partition coefficient (Wildman–Crippen LogP) is 1.21. The molecule has 0 saturated carbocycles. The number of rotatable bonds is 3. The van der Waals surface area contributed by atoms with Gasteiger partial charge in [-0.15, -0.1) is 0 Å². The van der Waals surface area contributed by atoms with Gasteiger partial charge in [-0.1, -0.05) is 0 Å². The molecule has 1 aromatic rings. The Balaban J connectivity index is 2.21. The van der Waals surface area contributed by atoms with Crippen LogP contribution in [0.15, 0.2) is 18.2 Å². The fourth-order valence-electron chi connectivity index (χ4n) is 1.28. The molecule has 1 aliphatic rings. The van der Waals surface area contributed by atoms with Gasteiger partial charge in [0.1, 0.15) is 2.74 Å². The maximum absolute atomic E-state index is 12.0. The minimum Gasteiger partial charge on any atom is -0.454 e.